The SMILES string of the molecule is O=C(O)[C@H](Cc1cc([N+](=O)[O-])ccc1-c1ccccc1)NCc1ccccc1. The molecule has 3 aromatic rings. The van der Waals surface area contributed by atoms with E-state index in [0.717, 1.165) is 16.7 Å². The number of hydrogen-bond donors (Lipinski definition) is 2. The van der Waals surface area contributed by atoms with E-state index in [0.29, 0.717) is 12.1 Å². The number of aliphatic carboxylic acids is 1. The lowest BCUT2D eigenvalue weighted by Gasteiger charge is -2.17. The maximum absolute atomic E-state index is 11.8. The number of nitro benzene ring substituents is 1. The van der Waals surface area contributed by atoms with Crippen molar-refractivity contribution < 1.29 is 14.8 Å². The Morgan fingerprint density at radius 3 is 2.25 bits per heavy atom. The molecule has 0 fully saturated rings. The monoisotopic (exact) mass is 376 g/mol. The second kappa shape index (κ2) is 8.92. The van der Waals surface area contributed by atoms with Crippen LogP contribution in [0.1, 0.15) is 11.1 Å². The van der Waals surface area contributed by atoms with Gasteiger partial charge in [0, 0.05) is 18.7 Å². The van der Waals surface area contributed by atoms with E-state index in [4.69, 9.17) is 0 Å². The van der Waals surface area contributed by atoms with E-state index in [1.165, 1.54) is 12.1 Å². The van der Waals surface area contributed by atoms with Gasteiger partial charge >= 0.3 is 5.97 Å². The summed E-state index contributed by atoms with van der Waals surface area (Å²) >= 11 is 0. The van der Waals surface area contributed by atoms with Gasteiger partial charge < -0.3 is 10.4 Å². The lowest BCUT2D eigenvalue weighted by atomic mass is 9.94. The van der Waals surface area contributed by atoms with Crippen molar-refractivity contribution in [2.45, 2.75) is 19.0 Å². The van der Waals surface area contributed by atoms with Crippen molar-refractivity contribution in [2.24, 2.45) is 0 Å². The highest BCUT2D eigenvalue weighted by Crippen LogP contribution is 2.28. The van der Waals surface area contributed by atoms with Crippen molar-refractivity contribution >= 4 is 11.7 Å². The van der Waals surface area contributed by atoms with Crippen LogP contribution < -0.4 is 5.32 Å². The van der Waals surface area contributed by atoms with Crippen LogP contribution in [0.5, 0.6) is 0 Å². The van der Waals surface area contributed by atoms with Gasteiger partial charge in [-0.3, -0.25) is 14.9 Å². The molecule has 0 aromatic heterocycles. The first-order valence-electron chi connectivity index (χ1n) is 8.87. The van der Waals surface area contributed by atoms with Crippen LogP contribution >= 0.6 is 0 Å². The number of benzene rings is 3. The van der Waals surface area contributed by atoms with Crippen LogP contribution in [-0.2, 0) is 17.8 Å². The second-order valence-corrected chi connectivity index (χ2v) is 6.43. The highest BCUT2D eigenvalue weighted by Gasteiger charge is 2.21. The van der Waals surface area contributed by atoms with Crippen LogP contribution in [0.2, 0.25) is 0 Å². The minimum Gasteiger partial charge on any atom is -0.480 e. The molecular weight excluding hydrogens is 356 g/mol. The smallest absolute Gasteiger partial charge is 0.321 e. The Labute approximate surface area is 162 Å². The predicted molar refractivity (Wildman–Crippen MR) is 107 cm³/mol. The Morgan fingerprint density at radius 2 is 1.64 bits per heavy atom. The fourth-order valence-electron chi connectivity index (χ4n) is 3.07. The predicted octanol–water partition coefficient (Wildman–Crippen LogP) is 4.05. The molecule has 0 aliphatic rings. The van der Waals surface area contributed by atoms with Crippen LogP contribution in [0.15, 0.2) is 78.9 Å². The summed E-state index contributed by atoms with van der Waals surface area (Å²) < 4.78 is 0. The molecule has 0 radical (unpaired) electrons. The summed E-state index contributed by atoms with van der Waals surface area (Å²) in [5, 5.41) is 23.9. The zero-order valence-corrected chi connectivity index (χ0v) is 15.1. The van der Waals surface area contributed by atoms with Gasteiger partial charge in [0.1, 0.15) is 6.04 Å². The molecule has 0 bridgehead atoms. The third-order valence-electron chi connectivity index (χ3n) is 4.50. The number of nitro groups is 1. The zero-order valence-electron chi connectivity index (χ0n) is 15.1. The molecule has 0 heterocycles. The first kappa shape index (κ1) is 19.3. The average Bonchev–Trinajstić information content (AvgIpc) is 2.72. The number of rotatable bonds is 8. The molecule has 142 valence electrons. The van der Waals surface area contributed by atoms with Crippen LogP contribution in [0.25, 0.3) is 11.1 Å². The molecule has 1 atom stereocenters. The summed E-state index contributed by atoms with van der Waals surface area (Å²) in [6, 6.07) is 22.7. The molecule has 0 saturated carbocycles. The minimum absolute atomic E-state index is 0.0538. The van der Waals surface area contributed by atoms with Gasteiger partial charge in [0.05, 0.1) is 4.92 Å². The van der Waals surface area contributed by atoms with Gasteiger partial charge in [0.25, 0.3) is 5.69 Å². The summed E-state index contributed by atoms with van der Waals surface area (Å²) in [5.74, 6) is -0.999. The Morgan fingerprint density at radius 1 is 1.00 bits per heavy atom. The summed E-state index contributed by atoms with van der Waals surface area (Å²) in [5.41, 5.74) is 3.21. The molecule has 28 heavy (non-hydrogen) atoms. The number of nitrogens with zero attached hydrogens (tertiary/aromatic N) is 1. The molecule has 6 nitrogen and oxygen atoms in total. The Kier molecular flexibility index (Phi) is 6.14. The first-order valence-corrected chi connectivity index (χ1v) is 8.87. The molecule has 0 aliphatic heterocycles. The van der Waals surface area contributed by atoms with Crippen LogP contribution in [0.4, 0.5) is 5.69 Å². The van der Waals surface area contributed by atoms with Crippen molar-refractivity contribution in [1.29, 1.82) is 0 Å². The lowest BCUT2D eigenvalue weighted by Crippen LogP contribution is -2.38. The van der Waals surface area contributed by atoms with Crippen molar-refractivity contribution in [3.8, 4) is 11.1 Å². The van der Waals surface area contributed by atoms with Crippen LogP contribution in [-0.4, -0.2) is 22.0 Å². The molecule has 0 unspecified atom stereocenters. The zero-order chi connectivity index (χ0) is 19.9. The molecular formula is C22H20N2O4. The molecule has 0 saturated heterocycles. The maximum atomic E-state index is 11.8. The Bertz CT molecular complexity index is 959. The summed E-state index contributed by atoms with van der Waals surface area (Å²) in [6.45, 7) is 0.396. The van der Waals surface area contributed by atoms with Crippen molar-refractivity contribution in [3.05, 3.63) is 100 Å². The molecule has 2 N–H and O–H groups in total. The fourth-order valence-corrected chi connectivity index (χ4v) is 3.07. The third kappa shape index (κ3) is 4.81. The molecule has 6 heteroatoms. The van der Waals surface area contributed by atoms with Gasteiger partial charge in [-0.1, -0.05) is 60.7 Å². The minimum atomic E-state index is -0.999. The average molecular weight is 376 g/mol. The van der Waals surface area contributed by atoms with Gasteiger partial charge in [-0.15, -0.1) is 0 Å². The van der Waals surface area contributed by atoms with Gasteiger partial charge in [-0.25, -0.2) is 0 Å². The summed E-state index contributed by atoms with van der Waals surface area (Å²) in [6.07, 6.45) is 0.133. The van der Waals surface area contributed by atoms with Gasteiger partial charge in [0.2, 0.25) is 0 Å². The Hall–Kier alpha value is -3.51. The molecule has 0 spiro atoms. The van der Waals surface area contributed by atoms with Crippen LogP contribution in [0, 0.1) is 10.1 Å². The standard InChI is InChI=1S/C22H20N2O4/c25-22(26)21(23-15-16-7-3-1-4-8-16)14-18-13-19(24(27)28)11-12-20(18)17-9-5-2-6-10-17/h1-13,21,23H,14-15H2,(H,25,26)/t21-/m0/s1. The summed E-state index contributed by atoms with van der Waals surface area (Å²) in [4.78, 5) is 22.5. The molecule has 3 rings (SSSR count). The number of carboxylic acid groups (broad SMARTS) is 1. The van der Waals surface area contributed by atoms with E-state index in [1.54, 1.807) is 6.07 Å². The number of non-ortho nitro benzene ring substituents is 1. The highest BCUT2D eigenvalue weighted by atomic mass is 16.6. The molecule has 0 amide bonds. The van der Waals surface area contributed by atoms with Crippen LogP contribution in [0.3, 0.4) is 0 Å². The van der Waals surface area contributed by atoms with Crippen molar-refractivity contribution in [3.63, 3.8) is 0 Å². The first-order chi connectivity index (χ1) is 13.5. The van der Waals surface area contributed by atoms with E-state index in [-0.39, 0.29) is 12.1 Å². The van der Waals surface area contributed by atoms with Crippen molar-refractivity contribution in [1.82, 2.24) is 5.32 Å². The van der Waals surface area contributed by atoms with E-state index in [1.807, 2.05) is 60.7 Å². The van der Waals surface area contributed by atoms with E-state index in [2.05, 4.69) is 5.32 Å². The Balaban J connectivity index is 1.89. The number of hydrogen-bond acceptors (Lipinski definition) is 4. The quantitative estimate of drug-likeness (QED) is 0.457. The largest absolute Gasteiger partial charge is 0.480 e. The number of carboxylic acids is 1. The maximum Gasteiger partial charge on any atom is 0.321 e. The fraction of sp³-hybridized carbons (Fsp3) is 0.136. The number of carbonyl (C=O) groups is 1. The normalized spacial score (nSPS) is 11.7. The third-order valence-corrected chi connectivity index (χ3v) is 4.50. The van der Waals surface area contributed by atoms with E-state index in [9.17, 15) is 20.0 Å². The van der Waals surface area contributed by atoms with Gasteiger partial charge in [-0.05, 0) is 34.7 Å². The van der Waals surface area contributed by atoms with Crippen molar-refractivity contribution in [2.75, 3.05) is 0 Å². The highest BCUT2D eigenvalue weighted by molar-refractivity contribution is 5.76. The number of nitrogens with one attached hydrogen (secondary N) is 1. The van der Waals surface area contributed by atoms with E-state index >= 15 is 0 Å². The summed E-state index contributed by atoms with van der Waals surface area (Å²) in [7, 11) is 0. The lowest BCUT2D eigenvalue weighted by molar-refractivity contribution is -0.384. The van der Waals surface area contributed by atoms with Gasteiger partial charge in [-0.2, -0.15) is 0 Å². The topological polar surface area (TPSA) is 92.5 Å². The van der Waals surface area contributed by atoms with E-state index < -0.39 is 16.9 Å². The van der Waals surface area contributed by atoms with Gasteiger partial charge in [0.15, 0.2) is 0 Å². The molecule has 3 aromatic carbocycles. The second-order valence-electron chi connectivity index (χ2n) is 6.43. The molecule has 0 aliphatic carbocycles.